The number of anilines is 1. The van der Waals surface area contributed by atoms with Crippen molar-refractivity contribution in [3.05, 3.63) is 41.3 Å². The molecular formula is C15H16N4O2. The lowest BCUT2D eigenvalue weighted by molar-refractivity contribution is 0.0521. The number of esters is 1. The molecular weight excluding hydrogens is 268 g/mol. The summed E-state index contributed by atoms with van der Waals surface area (Å²) in [6.45, 7) is 3.90. The monoisotopic (exact) mass is 284 g/mol. The maximum Gasteiger partial charge on any atom is 0.360 e. The third kappa shape index (κ3) is 2.72. The van der Waals surface area contributed by atoms with E-state index in [9.17, 15) is 4.79 Å². The highest BCUT2D eigenvalue weighted by Gasteiger charge is 2.21. The van der Waals surface area contributed by atoms with Crippen LogP contribution in [0.3, 0.4) is 0 Å². The summed E-state index contributed by atoms with van der Waals surface area (Å²) in [6.07, 6.45) is 0.598. The van der Waals surface area contributed by atoms with Crippen LogP contribution in [-0.4, -0.2) is 22.1 Å². The lowest BCUT2D eigenvalue weighted by Gasteiger charge is -2.09. The number of hydrogen-bond donors (Lipinski definition) is 1. The number of nitrogen functional groups attached to an aromatic ring is 1. The van der Waals surface area contributed by atoms with E-state index < -0.39 is 5.97 Å². The minimum Gasteiger partial charge on any atom is -0.461 e. The van der Waals surface area contributed by atoms with Crippen molar-refractivity contribution < 1.29 is 9.53 Å². The predicted octanol–water partition coefficient (Wildman–Crippen LogP) is 2.07. The Kier molecular flexibility index (Phi) is 4.24. The Morgan fingerprint density at radius 3 is 2.86 bits per heavy atom. The first-order chi connectivity index (χ1) is 10.1. The van der Waals surface area contributed by atoms with E-state index in [-0.39, 0.29) is 18.1 Å². The van der Waals surface area contributed by atoms with Gasteiger partial charge in [0.15, 0.2) is 5.69 Å². The minimum absolute atomic E-state index is 0.107. The molecule has 6 heteroatoms. The van der Waals surface area contributed by atoms with Gasteiger partial charge in [0, 0.05) is 6.42 Å². The summed E-state index contributed by atoms with van der Waals surface area (Å²) in [5.74, 6) is 0.325. The van der Waals surface area contributed by atoms with Crippen molar-refractivity contribution >= 4 is 11.8 Å². The maximum absolute atomic E-state index is 11.9. The zero-order valence-electron chi connectivity index (χ0n) is 12.0. The molecule has 0 aliphatic carbocycles. The van der Waals surface area contributed by atoms with Crippen LogP contribution < -0.4 is 5.73 Å². The molecule has 0 radical (unpaired) electrons. The second-order valence-electron chi connectivity index (χ2n) is 4.33. The minimum atomic E-state index is -0.542. The largest absolute Gasteiger partial charge is 0.461 e. The lowest BCUT2D eigenvalue weighted by atomic mass is 10.2. The first kappa shape index (κ1) is 14.6. The summed E-state index contributed by atoms with van der Waals surface area (Å²) >= 11 is 0. The number of ether oxygens (including phenoxy) is 1. The van der Waals surface area contributed by atoms with Crippen LogP contribution in [0.25, 0.3) is 5.69 Å². The zero-order chi connectivity index (χ0) is 15.4. The Bertz CT molecular complexity index is 713. The van der Waals surface area contributed by atoms with Gasteiger partial charge in [0.25, 0.3) is 0 Å². The average Bonchev–Trinajstić information content (AvgIpc) is 2.84. The number of carbonyl (C=O) groups excluding carboxylic acids is 1. The highest BCUT2D eigenvalue weighted by atomic mass is 16.5. The summed E-state index contributed by atoms with van der Waals surface area (Å²) in [5, 5.41) is 8.99. The summed E-state index contributed by atoms with van der Waals surface area (Å²) in [5.41, 5.74) is 7.37. The van der Waals surface area contributed by atoms with Gasteiger partial charge in [-0.25, -0.2) is 9.78 Å². The van der Waals surface area contributed by atoms with E-state index in [1.54, 1.807) is 29.7 Å². The van der Waals surface area contributed by atoms with Crippen LogP contribution in [-0.2, 0) is 11.2 Å². The van der Waals surface area contributed by atoms with Crippen LogP contribution in [0, 0.1) is 11.3 Å². The number of aryl methyl sites for hydroxylation is 1. The third-order valence-corrected chi connectivity index (χ3v) is 3.00. The fraction of sp³-hybridized carbons (Fsp3) is 0.267. The van der Waals surface area contributed by atoms with Crippen molar-refractivity contribution in [3.63, 3.8) is 0 Å². The molecule has 0 unspecified atom stereocenters. The number of aromatic nitrogens is 2. The third-order valence-electron chi connectivity index (χ3n) is 3.00. The van der Waals surface area contributed by atoms with Crippen LogP contribution in [0.2, 0.25) is 0 Å². The lowest BCUT2D eigenvalue weighted by Crippen LogP contribution is -2.09. The molecule has 0 spiro atoms. The molecule has 2 rings (SSSR count). The number of nitrogens with zero attached hydrogens (tertiary/aromatic N) is 3. The summed E-state index contributed by atoms with van der Waals surface area (Å²) < 4.78 is 6.63. The van der Waals surface area contributed by atoms with Crippen LogP contribution in [0.1, 0.15) is 35.7 Å². The standard InChI is InChI=1S/C15H16N4O2/c1-3-12-18-13(15(20)21-4-2)14(17)19(12)11-7-5-6-10(8-11)9-16/h5-8H,3-4,17H2,1-2H3. The first-order valence-electron chi connectivity index (χ1n) is 6.67. The SMILES string of the molecule is CCOC(=O)c1nc(CC)n(-c2cccc(C#N)c2)c1N. The number of hydrogen-bond acceptors (Lipinski definition) is 5. The number of nitriles is 1. The van der Waals surface area contributed by atoms with Gasteiger partial charge < -0.3 is 10.5 Å². The molecule has 21 heavy (non-hydrogen) atoms. The predicted molar refractivity (Wildman–Crippen MR) is 78.0 cm³/mol. The fourth-order valence-electron chi connectivity index (χ4n) is 2.07. The summed E-state index contributed by atoms with van der Waals surface area (Å²) in [4.78, 5) is 16.1. The van der Waals surface area contributed by atoms with E-state index >= 15 is 0 Å². The first-order valence-corrected chi connectivity index (χ1v) is 6.67. The molecule has 0 amide bonds. The van der Waals surface area contributed by atoms with Gasteiger partial charge in [0.1, 0.15) is 11.6 Å². The van der Waals surface area contributed by atoms with Crippen LogP contribution in [0.15, 0.2) is 24.3 Å². The van der Waals surface area contributed by atoms with Gasteiger partial charge in [-0.15, -0.1) is 0 Å². The van der Waals surface area contributed by atoms with Crippen molar-refractivity contribution in [2.24, 2.45) is 0 Å². The number of imidazole rings is 1. The molecule has 2 N–H and O–H groups in total. The molecule has 0 aliphatic heterocycles. The molecule has 1 heterocycles. The molecule has 0 saturated heterocycles. The average molecular weight is 284 g/mol. The van der Waals surface area contributed by atoms with Crippen molar-refractivity contribution in [1.29, 1.82) is 5.26 Å². The van der Waals surface area contributed by atoms with E-state index in [4.69, 9.17) is 15.7 Å². The molecule has 0 fully saturated rings. The van der Waals surface area contributed by atoms with E-state index in [1.165, 1.54) is 0 Å². The van der Waals surface area contributed by atoms with Crippen molar-refractivity contribution in [2.45, 2.75) is 20.3 Å². The summed E-state index contributed by atoms with van der Waals surface area (Å²) in [6, 6.07) is 9.05. The molecule has 1 aromatic heterocycles. The van der Waals surface area contributed by atoms with Crippen molar-refractivity contribution in [2.75, 3.05) is 12.3 Å². The molecule has 0 saturated carbocycles. The van der Waals surface area contributed by atoms with E-state index in [2.05, 4.69) is 11.1 Å². The van der Waals surface area contributed by atoms with Gasteiger partial charge in [-0.2, -0.15) is 5.26 Å². The quantitative estimate of drug-likeness (QED) is 0.867. The van der Waals surface area contributed by atoms with Gasteiger partial charge in [-0.05, 0) is 25.1 Å². The van der Waals surface area contributed by atoms with Gasteiger partial charge >= 0.3 is 5.97 Å². The maximum atomic E-state index is 11.9. The normalized spacial score (nSPS) is 10.1. The van der Waals surface area contributed by atoms with Crippen molar-refractivity contribution in [3.8, 4) is 11.8 Å². The number of rotatable bonds is 4. The Morgan fingerprint density at radius 1 is 1.48 bits per heavy atom. The van der Waals surface area contributed by atoms with Crippen molar-refractivity contribution in [1.82, 2.24) is 9.55 Å². The number of nitrogens with two attached hydrogens (primary N) is 1. The number of benzene rings is 1. The summed E-state index contributed by atoms with van der Waals surface area (Å²) in [7, 11) is 0. The van der Waals surface area contributed by atoms with Crippen LogP contribution in [0.4, 0.5) is 5.82 Å². The van der Waals surface area contributed by atoms with Crippen LogP contribution in [0.5, 0.6) is 0 Å². The Hall–Kier alpha value is -2.81. The topological polar surface area (TPSA) is 93.9 Å². The number of carbonyl (C=O) groups is 1. The van der Waals surface area contributed by atoms with Gasteiger partial charge in [-0.3, -0.25) is 4.57 Å². The second-order valence-corrected chi connectivity index (χ2v) is 4.33. The fourth-order valence-corrected chi connectivity index (χ4v) is 2.07. The molecule has 0 aliphatic rings. The van der Waals surface area contributed by atoms with E-state index in [0.29, 0.717) is 23.5 Å². The smallest absolute Gasteiger partial charge is 0.360 e. The van der Waals surface area contributed by atoms with E-state index in [0.717, 1.165) is 0 Å². The molecule has 2 aromatic rings. The van der Waals surface area contributed by atoms with Gasteiger partial charge in [0.05, 0.1) is 23.9 Å². The molecule has 0 bridgehead atoms. The van der Waals surface area contributed by atoms with Crippen LogP contribution >= 0.6 is 0 Å². The van der Waals surface area contributed by atoms with Gasteiger partial charge in [-0.1, -0.05) is 13.0 Å². The highest BCUT2D eigenvalue weighted by Crippen LogP contribution is 2.22. The molecule has 6 nitrogen and oxygen atoms in total. The van der Waals surface area contributed by atoms with E-state index in [1.807, 2.05) is 13.0 Å². The molecule has 0 atom stereocenters. The Morgan fingerprint density at radius 2 is 2.24 bits per heavy atom. The highest BCUT2D eigenvalue weighted by molar-refractivity contribution is 5.92. The Balaban J connectivity index is 2.57. The van der Waals surface area contributed by atoms with Gasteiger partial charge in [0.2, 0.25) is 0 Å². The molecule has 1 aromatic carbocycles. The Labute approximate surface area is 122 Å². The zero-order valence-corrected chi connectivity index (χ0v) is 12.0. The molecule has 108 valence electrons. The second kappa shape index (κ2) is 6.09.